The number of rotatable bonds is 7. The molecule has 0 fully saturated rings. The third-order valence-corrected chi connectivity index (χ3v) is 5.54. The molecule has 2 aromatic carbocycles. The summed E-state index contributed by atoms with van der Waals surface area (Å²) < 4.78 is 21.5. The fourth-order valence-corrected chi connectivity index (χ4v) is 3.17. The monoisotopic (exact) mass is 345 g/mol. The van der Waals surface area contributed by atoms with Crippen LogP contribution in [0, 0.1) is 0 Å². The minimum absolute atomic E-state index is 0.338. The van der Waals surface area contributed by atoms with Crippen LogP contribution in [0.2, 0.25) is 0 Å². The molecule has 0 aliphatic carbocycles. The minimum atomic E-state index is -1.19. The first-order valence-corrected chi connectivity index (χ1v) is 9.33. The molecule has 4 heteroatoms. The van der Waals surface area contributed by atoms with Crippen LogP contribution in [-0.4, -0.2) is 15.6 Å². The molecule has 0 aliphatic rings. The molecule has 3 nitrogen and oxygen atoms in total. The molecular weight excluding hydrogens is 318 g/mol. The molecule has 0 amide bonds. The molecule has 0 radical (unpaired) electrons. The van der Waals surface area contributed by atoms with Gasteiger partial charge in [0.2, 0.25) is 0 Å². The first kappa shape index (κ1) is 18.8. The van der Waals surface area contributed by atoms with Gasteiger partial charge < -0.3 is 4.74 Å². The number of benzene rings is 2. The second kappa shape index (κ2) is 8.06. The van der Waals surface area contributed by atoms with Crippen molar-refractivity contribution in [3.05, 3.63) is 71.8 Å². The van der Waals surface area contributed by atoms with Crippen molar-refractivity contribution in [2.24, 2.45) is 0 Å². The summed E-state index contributed by atoms with van der Waals surface area (Å²) in [5, 5.41) is 0. The smallest absolute Gasteiger partial charge is 0.0979 e. The summed E-state index contributed by atoms with van der Waals surface area (Å²) >= 11 is 0. The van der Waals surface area contributed by atoms with Gasteiger partial charge in [-0.2, -0.15) is 0 Å². The van der Waals surface area contributed by atoms with Crippen molar-refractivity contribution < 1.29 is 8.95 Å². The zero-order valence-electron chi connectivity index (χ0n) is 14.9. The molecule has 0 bridgehead atoms. The van der Waals surface area contributed by atoms with Crippen molar-refractivity contribution >= 4 is 11.0 Å². The topological polar surface area (TPSA) is 38.3 Å². The van der Waals surface area contributed by atoms with Crippen molar-refractivity contribution in [1.29, 1.82) is 0 Å². The van der Waals surface area contributed by atoms with Crippen LogP contribution in [0.15, 0.2) is 60.7 Å². The molecule has 2 atom stereocenters. The maximum absolute atomic E-state index is 12.6. The largest absolute Gasteiger partial charge is 0.374 e. The summed E-state index contributed by atoms with van der Waals surface area (Å²) in [4.78, 5) is 0. The quantitative estimate of drug-likeness (QED) is 0.818. The highest BCUT2D eigenvalue weighted by Gasteiger charge is 2.32. The molecule has 0 saturated heterocycles. The van der Waals surface area contributed by atoms with Crippen LogP contribution >= 0.6 is 0 Å². The van der Waals surface area contributed by atoms with E-state index < -0.39 is 16.5 Å². The summed E-state index contributed by atoms with van der Waals surface area (Å²) in [6.45, 7) is 8.91. The lowest BCUT2D eigenvalue weighted by Gasteiger charge is -2.33. The van der Waals surface area contributed by atoms with Crippen LogP contribution in [-0.2, 0) is 27.9 Å². The van der Waals surface area contributed by atoms with E-state index in [1.54, 1.807) is 0 Å². The van der Waals surface area contributed by atoms with Gasteiger partial charge in [0.25, 0.3) is 0 Å². The van der Waals surface area contributed by atoms with Crippen molar-refractivity contribution in [1.82, 2.24) is 4.72 Å². The van der Waals surface area contributed by atoms with E-state index >= 15 is 0 Å². The van der Waals surface area contributed by atoms with E-state index in [9.17, 15) is 4.21 Å². The van der Waals surface area contributed by atoms with Gasteiger partial charge in [0.05, 0.1) is 34.5 Å². The second-order valence-electron chi connectivity index (χ2n) is 7.16. The predicted octanol–water partition coefficient (Wildman–Crippen LogP) is 4.17. The van der Waals surface area contributed by atoms with Crippen molar-refractivity contribution in [3.63, 3.8) is 0 Å². The Labute approximate surface area is 148 Å². The maximum Gasteiger partial charge on any atom is 0.0979 e. The Kier molecular flexibility index (Phi) is 6.33. The molecule has 2 aromatic rings. The normalized spacial score (nSPS) is 15.7. The molecule has 2 rings (SSSR count). The number of hydrogen-bond acceptors (Lipinski definition) is 2. The van der Waals surface area contributed by atoms with E-state index in [-0.39, 0.29) is 4.75 Å². The van der Waals surface area contributed by atoms with E-state index in [0.29, 0.717) is 13.2 Å². The summed E-state index contributed by atoms with van der Waals surface area (Å²) in [6.07, 6.45) is 0. The fourth-order valence-electron chi connectivity index (χ4n) is 2.28. The van der Waals surface area contributed by atoms with Crippen molar-refractivity contribution in [2.45, 2.75) is 44.6 Å². The fraction of sp³-hybridized carbons (Fsp3) is 0.400. The Morgan fingerprint density at radius 2 is 1.46 bits per heavy atom. The SMILES string of the molecule is CC(C)(C)[S@@](=O)N[C@](C)(COCc1ccccc1)c1ccccc1. The summed E-state index contributed by atoms with van der Waals surface area (Å²) in [5.41, 5.74) is 1.68. The number of hydrogen-bond donors (Lipinski definition) is 1. The molecular formula is C20H27NO2S. The van der Waals surface area contributed by atoms with Gasteiger partial charge in [-0.25, -0.2) is 8.93 Å². The molecule has 0 saturated carbocycles. The zero-order valence-corrected chi connectivity index (χ0v) is 15.7. The lowest BCUT2D eigenvalue weighted by molar-refractivity contribution is 0.0725. The summed E-state index contributed by atoms with van der Waals surface area (Å²) in [6, 6.07) is 20.1. The Balaban J connectivity index is 2.12. The molecule has 1 N–H and O–H groups in total. The van der Waals surface area contributed by atoms with Crippen molar-refractivity contribution in [2.75, 3.05) is 6.61 Å². The lowest BCUT2D eigenvalue weighted by Crippen LogP contribution is -2.48. The Hall–Kier alpha value is -1.49. The standard InChI is InChI=1S/C20H27NO2S/c1-19(2,3)24(22)21-20(4,18-13-9-6-10-14-18)16-23-15-17-11-7-5-8-12-17/h5-14,21H,15-16H2,1-4H3/t20-,24-/m1/s1. The lowest BCUT2D eigenvalue weighted by atomic mass is 9.94. The average Bonchev–Trinajstić information content (AvgIpc) is 2.56. The van der Waals surface area contributed by atoms with E-state index in [0.717, 1.165) is 11.1 Å². The Morgan fingerprint density at radius 3 is 2.00 bits per heavy atom. The van der Waals surface area contributed by atoms with Crippen LogP contribution in [0.3, 0.4) is 0 Å². The molecule has 0 spiro atoms. The third-order valence-electron chi connectivity index (χ3n) is 3.79. The predicted molar refractivity (Wildman–Crippen MR) is 101 cm³/mol. The Bertz CT molecular complexity index is 652. The molecule has 130 valence electrons. The van der Waals surface area contributed by atoms with Crippen LogP contribution in [0.25, 0.3) is 0 Å². The van der Waals surface area contributed by atoms with Gasteiger partial charge in [0, 0.05) is 0 Å². The van der Waals surface area contributed by atoms with Gasteiger partial charge in [-0.05, 0) is 38.8 Å². The van der Waals surface area contributed by atoms with E-state index in [1.165, 1.54) is 0 Å². The third kappa shape index (κ3) is 5.26. The van der Waals surface area contributed by atoms with Gasteiger partial charge in [-0.1, -0.05) is 60.7 Å². The number of nitrogens with one attached hydrogen (secondary N) is 1. The van der Waals surface area contributed by atoms with Crippen LogP contribution in [0.4, 0.5) is 0 Å². The molecule has 0 heterocycles. The summed E-state index contributed by atoms with van der Waals surface area (Å²) in [7, 11) is -1.19. The van der Waals surface area contributed by atoms with Gasteiger partial charge in [-0.15, -0.1) is 0 Å². The number of ether oxygens (including phenoxy) is 1. The van der Waals surface area contributed by atoms with Gasteiger partial charge >= 0.3 is 0 Å². The molecule has 0 aliphatic heterocycles. The second-order valence-corrected chi connectivity index (χ2v) is 9.13. The van der Waals surface area contributed by atoms with Crippen LogP contribution in [0.5, 0.6) is 0 Å². The van der Waals surface area contributed by atoms with Crippen molar-refractivity contribution in [3.8, 4) is 0 Å². The van der Waals surface area contributed by atoms with E-state index in [1.807, 2.05) is 88.4 Å². The highest BCUT2D eigenvalue weighted by molar-refractivity contribution is 7.84. The van der Waals surface area contributed by atoms with E-state index in [2.05, 4.69) is 4.72 Å². The van der Waals surface area contributed by atoms with Crippen LogP contribution < -0.4 is 4.72 Å². The van der Waals surface area contributed by atoms with Gasteiger partial charge in [0.15, 0.2) is 0 Å². The Morgan fingerprint density at radius 1 is 0.917 bits per heavy atom. The molecule has 0 aromatic heterocycles. The highest BCUT2D eigenvalue weighted by Crippen LogP contribution is 2.24. The minimum Gasteiger partial charge on any atom is -0.374 e. The first-order valence-electron chi connectivity index (χ1n) is 8.18. The maximum atomic E-state index is 12.6. The highest BCUT2D eigenvalue weighted by atomic mass is 32.2. The van der Waals surface area contributed by atoms with Gasteiger partial charge in [0.1, 0.15) is 0 Å². The van der Waals surface area contributed by atoms with Crippen LogP contribution in [0.1, 0.15) is 38.8 Å². The summed E-state index contributed by atoms with van der Waals surface area (Å²) in [5.74, 6) is 0. The zero-order chi connectivity index (χ0) is 17.6. The molecule has 0 unspecified atom stereocenters. The molecule has 24 heavy (non-hydrogen) atoms. The van der Waals surface area contributed by atoms with Gasteiger partial charge in [-0.3, -0.25) is 0 Å². The first-order chi connectivity index (χ1) is 11.3. The van der Waals surface area contributed by atoms with E-state index in [4.69, 9.17) is 4.74 Å². The average molecular weight is 346 g/mol.